The number of nitrogens with two attached hydrogens (primary N) is 1. The Balaban J connectivity index is 0. The molecule has 0 saturated heterocycles. The van der Waals surface area contributed by atoms with Crippen molar-refractivity contribution in [1.82, 2.24) is 0 Å². The van der Waals surface area contributed by atoms with E-state index in [0.29, 0.717) is 6.42 Å². The van der Waals surface area contributed by atoms with Crippen LogP contribution in [0.5, 0.6) is 0 Å². The number of rotatable bonds is 8. The first-order chi connectivity index (χ1) is 6.50. The van der Waals surface area contributed by atoms with E-state index >= 15 is 0 Å². The summed E-state index contributed by atoms with van der Waals surface area (Å²) in [5, 5.41) is 17.9. The van der Waals surface area contributed by atoms with E-state index in [1.54, 1.807) is 6.92 Å². The second-order valence-corrected chi connectivity index (χ2v) is 4.40. The fourth-order valence-electron chi connectivity index (χ4n) is 1.42. The molecule has 1 atom stereocenters. The van der Waals surface area contributed by atoms with Gasteiger partial charge in [0.25, 0.3) is 0 Å². The molecule has 0 fully saturated rings. The third-order valence-corrected chi connectivity index (χ3v) is 2.66. The van der Waals surface area contributed by atoms with Crippen molar-refractivity contribution < 1.29 is 10.2 Å². The molecule has 0 radical (unpaired) electrons. The Kier molecular flexibility index (Phi) is 11.0. The molecule has 0 bridgehead atoms. The first-order valence-electron chi connectivity index (χ1n) is 5.65. The van der Waals surface area contributed by atoms with E-state index in [0.717, 1.165) is 12.8 Å². The number of aliphatic hydroxyl groups excluding tert-OH is 1. The first-order valence-corrected chi connectivity index (χ1v) is 5.65. The van der Waals surface area contributed by atoms with Gasteiger partial charge in [0.1, 0.15) is 0 Å². The van der Waals surface area contributed by atoms with Crippen molar-refractivity contribution >= 4 is 12.4 Å². The molecule has 1 unspecified atom stereocenters. The predicted molar refractivity (Wildman–Crippen MR) is 66.1 cm³/mol. The van der Waals surface area contributed by atoms with Gasteiger partial charge in [-0.15, -0.1) is 12.4 Å². The van der Waals surface area contributed by atoms with Crippen LogP contribution in [0.4, 0.5) is 0 Å². The first kappa shape index (κ1) is 17.6. The average Bonchev–Trinajstić information content (AvgIpc) is 2.10. The number of halogens is 1. The zero-order valence-electron chi connectivity index (χ0n) is 9.91. The molecular formula is C11H26ClNO2. The van der Waals surface area contributed by atoms with Crippen LogP contribution >= 0.6 is 12.4 Å². The molecule has 4 N–H and O–H groups in total. The molecule has 0 aliphatic carbocycles. The molecule has 0 saturated carbocycles. The average molecular weight is 240 g/mol. The Morgan fingerprint density at radius 3 is 2.00 bits per heavy atom. The zero-order valence-corrected chi connectivity index (χ0v) is 10.7. The maximum absolute atomic E-state index is 8.95. The maximum Gasteiger partial charge on any atom is 0.169 e. The zero-order chi connectivity index (χ0) is 11.0. The summed E-state index contributed by atoms with van der Waals surface area (Å²) in [6.45, 7) is 3.88. The van der Waals surface area contributed by atoms with Crippen molar-refractivity contribution in [2.45, 2.75) is 70.6 Å². The summed E-state index contributed by atoms with van der Waals surface area (Å²) in [6.07, 6.45) is 6.44. The van der Waals surface area contributed by atoms with Gasteiger partial charge in [0, 0.05) is 0 Å². The van der Waals surface area contributed by atoms with E-state index in [1.807, 2.05) is 0 Å². The van der Waals surface area contributed by atoms with Crippen LogP contribution < -0.4 is 5.73 Å². The molecule has 0 heterocycles. The molecule has 0 aromatic rings. The van der Waals surface area contributed by atoms with Crippen LogP contribution in [0.25, 0.3) is 0 Å². The number of aliphatic hydroxyl groups is 2. The SMILES string of the molecule is CCCCCCCCC(C)(N)C(O)O.Cl. The van der Waals surface area contributed by atoms with E-state index in [4.69, 9.17) is 15.9 Å². The van der Waals surface area contributed by atoms with Crippen LogP contribution in [0.15, 0.2) is 0 Å². The fraction of sp³-hybridized carbons (Fsp3) is 1.00. The maximum atomic E-state index is 8.95. The van der Waals surface area contributed by atoms with Crippen molar-refractivity contribution in [2.24, 2.45) is 5.73 Å². The van der Waals surface area contributed by atoms with E-state index in [1.165, 1.54) is 25.7 Å². The second-order valence-electron chi connectivity index (χ2n) is 4.40. The van der Waals surface area contributed by atoms with Crippen molar-refractivity contribution in [3.8, 4) is 0 Å². The Labute approximate surface area is 99.5 Å². The minimum absolute atomic E-state index is 0. The van der Waals surface area contributed by atoms with Crippen LogP contribution in [0.2, 0.25) is 0 Å². The molecule has 0 aromatic carbocycles. The molecule has 3 nitrogen and oxygen atoms in total. The molecular weight excluding hydrogens is 214 g/mol. The van der Waals surface area contributed by atoms with Gasteiger partial charge >= 0.3 is 0 Å². The summed E-state index contributed by atoms with van der Waals surface area (Å²) in [6, 6.07) is 0. The van der Waals surface area contributed by atoms with Gasteiger partial charge in [-0.05, 0) is 13.3 Å². The van der Waals surface area contributed by atoms with Crippen LogP contribution in [0.3, 0.4) is 0 Å². The van der Waals surface area contributed by atoms with Crippen molar-refractivity contribution in [2.75, 3.05) is 0 Å². The molecule has 0 rings (SSSR count). The van der Waals surface area contributed by atoms with Gasteiger partial charge in [-0.2, -0.15) is 0 Å². The molecule has 94 valence electrons. The highest BCUT2D eigenvalue weighted by atomic mass is 35.5. The van der Waals surface area contributed by atoms with Crippen LogP contribution in [0, 0.1) is 0 Å². The van der Waals surface area contributed by atoms with E-state index in [9.17, 15) is 0 Å². The van der Waals surface area contributed by atoms with Gasteiger partial charge in [0.2, 0.25) is 0 Å². The quantitative estimate of drug-likeness (QED) is 0.449. The van der Waals surface area contributed by atoms with Crippen molar-refractivity contribution in [3.05, 3.63) is 0 Å². The summed E-state index contributed by atoms with van der Waals surface area (Å²) < 4.78 is 0. The summed E-state index contributed by atoms with van der Waals surface area (Å²) in [5.41, 5.74) is 4.86. The Morgan fingerprint density at radius 1 is 1.07 bits per heavy atom. The number of unbranched alkanes of at least 4 members (excludes halogenated alkanes) is 5. The topological polar surface area (TPSA) is 66.5 Å². The van der Waals surface area contributed by atoms with Gasteiger partial charge in [0.15, 0.2) is 6.29 Å². The van der Waals surface area contributed by atoms with Gasteiger partial charge in [-0.25, -0.2) is 0 Å². The molecule has 0 amide bonds. The van der Waals surface area contributed by atoms with Gasteiger partial charge in [-0.3, -0.25) is 0 Å². The summed E-state index contributed by atoms with van der Waals surface area (Å²) in [4.78, 5) is 0. The highest BCUT2D eigenvalue weighted by molar-refractivity contribution is 5.85. The molecule has 15 heavy (non-hydrogen) atoms. The van der Waals surface area contributed by atoms with Gasteiger partial charge in [0.05, 0.1) is 5.54 Å². The van der Waals surface area contributed by atoms with Crippen LogP contribution in [0.1, 0.15) is 58.8 Å². The minimum Gasteiger partial charge on any atom is -0.367 e. The second kappa shape index (κ2) is 9.40. The fourth-order valence-corrected chi connectivity index (χ4v) is 1.42. The third-order valence-electron chi connectivity index (χ3n) is 2.66. The molecule has 0 aromatic heterocycles. The molecule has 0 aliphatic heterocycles. The summed E-state index contributed by atoms with van der Waals surface area (Å²) in [5.74, 6) is 0. The normalized spacial score (nSPS) is 14.8. The summed E-state index contributed by atoms with van der Waals surface area (Å²) in [7, 11) is 0. The highest BCUT2D eigenvalue weighted by Gasteiger charge is 2.25. The third kappa shape index (κ3) is 9.12. The Morgan fingerprint density at radius 2 is 1.53 bits per heavy atom. The molecule has 0 aliphatic rings. The Hall–Kier alpha value is 0.170. The lowest BCUT2D eigenvalue weighted by Gasteiger charge is -2.26. The smallest absolute Gasteiger partial charge is 0.169 e. The van der Waals surface area contributed by atoms with Crippen LogP contribution in [-0.4, -0.2) is 22.0 Å². The van der Waals surface area contributed by atoms with Crippen molar-refractivity contribution in [1.29, 1.82) is 0 Å². The lowest BCUT2D eigenvalue weighted by molar-refractivity contribution is -0.0933. The number of hydrogen-bond donors (Lipinski definition) is 3. The monoisotopic (exact) mass is 239 g/mol. The molecule has 0 spiro atoms. The lowest BCUT2D eigenvalue weighted by Crippen LogP contribution is -2.47. The lowest BCUT2D eigenvalue weighted by atomic mass is 9.94. The minimum atomic E-state index is -1.40. The van der Waals surface area contributed by atoms with E-state index < -0.39 is 11.8 Å². The summed E-state index contributed by atoms with van der Waals surface area (Å²) >= 11 is 0. The van der Waals surface area contributed by atoms with E-state index in [2.05, 4.69) is 6.92 Å². The van der Waals surface area contributed by atoms with Crippen molar-refractivity contribution in [3.63, 3.8) is 0 Å². The predicted octanol–water partition coefficient (Wildman–Crippen LogP) is 2.19. The highest BCUT2D eigenvalue weighted by Crippen LogP contribution is 2.15. The number of hydrogen-bond acceptors (Lipinski definition) is 3. The Bertz CT molecular complexity index is 141. The van der Waals surface area contributed by atoms with Gasteiger partial charge < -0.3 is 15.9 Å². The van der Waals surface area contributed by atoms with E-state index in [-0.39, 0.29) is 12.4 Å². The molecule has 4 heteroatoms. The van der Waals surface area contributed by atoms with Gasteiger partial charge in [-0.1, -0.05) is 45.4 Å². The standard InChI is InChI=1S/C11H25NO2.ClH/c1-3-4-5-6-7-8-9-11(2,12)10(13)14;/h10,13-14H,3-9,12H2,1-2H3;1H. The van der Waals surface area contributed by atoms with Crippen LogP contribution in [-0.2, 0) is 0 Å². The largest absolute Gasteiger partial charge is 0.367 e.